The molecule has 5 heteroatoms. The van der Waals surface area contributed by atoms with Crippen LogP contribution in [0.5, 0.6) is 0 Å². The van der Waals surface area contributed by atoms with Crippen LogP contribution in [-0.2, 0) is 11.3 Å². The number of carbonyl (C=O) groups excluding carboxylic acids is 1. The predicted octanol–water partition coefficient (Wildman–Crippen LogP) is 1.44. The lowest BCUT2D eigenvalue weighted by Gasteiger charge is -2.22. The molecule has 0 aliphatic carbocycles. The van der Waals surface area contributed by atoms with Gasteiger partial charge < -0.3 is 10.6 Å². The van der Waals surface area contributed by atoms with Crippen molar-refractivity contribution in [1.29, 1.82) is 0 Å². The van der Waals surface area contributed by atoms with Crippen LogP contribution in [-0.4, -0.2) is 43.5 Å². The minimum Gasteiger partial charge on any atom is -0.351 e. The molecule has 4 nitrogen and oxygen atoms in total. The Bertz CT molecular complexity index is 555. The Kier molecular flexibility index (Phi) is 4.45. The second kappa shape index (κ2) is 6.34. The smallest absolute Gasteiger partial charge is 0.234 e. The number of benzene rings is 1. The molecular weight excluding hydrogens is 281 g/mol. The lowest BCUT2D eigenvalue weighted by atomic mass is 9.87. The monoisotopic (exact) mass is 305 g/mol. The topological polar surface area (TPSA) is 44.4 Å². The molecule has 2 aliphatic heterocycles. The highest BCUT2D eigenvalue weighted by Gasteiger charge is 2.40. The summed E-state index contributed by atoms with van der Waals surface area (Å²) in [4.78, 5) is 14.3. The third kappa shape index (κ3) is 3.47. The van der Waals surface area contributed by atoms with Gasteiger partial charge in [-0.2, -0.15) is 0 Å². The van der Waals surface area contributed by atoms with E-state index in [1.807, 2.05) is 6.07 Å². The summed E-state index contributed by atoms with van der Waals surface area (Å²) < 4.78 is 13.5. The van der Waals surface area contributed by atoms with Gasteiger partial charge in [0.15, 0.2) is 0 Å². The quantitative estimate of drug-likeness (QED) is 0.885. The van der Waals surface area contributed by atoms with Gasteiger partial charge in [-0.25, -0.2) is 4.39 Å². The lowest BCUT2D eigenvalue weighted by molar-refractivity contribution is -0.122. The maximum absolute atomic E-state index is 13.5. The molecule has 1 aromatic carbocycles. The first-order valence-electron chi connectivity index (χ1n) is 8.01. The van der Waals surface area contributed by atoms with Crippen molar-refractivity contribution in [3.05, 3.63) is 35.1 Å². The summed E-state index contributed by atoms with van der Waals surface area (Å²) in [5.74, 6) is -0.203. The fraction of sp³-hybridized carbons (Fsp3) is 0.588. The van der Waals surface area contributed by atoms with Crippen LogP contribution in [0.1, 0.15) is 24.0 Å². The minimum absolute atomic E-state index is 0.0176. The first-order valence-corrected chi connectivity index (χ1v) is 8.01. The highest BCUT2D eigenvalue weighted by molar-refractivity contribution is 5.78. The number of nitrogens with zero attached hydrogens (tertiary/aromatic N) is 1. The Balaban J connectivity index is 1.45. The van der Waals surface area contributed by atoms with Crippen molar-refractivity contribution in [1.82, 2.24) is 15.5 Å². The van der Waals surface area contributed by atoms with E-state index < -0.39 is 0 Å². The summed E-state index contributed by atoms with van der Waals surface area (Å²) in [5.41, 5.74) is 1.82. The van der Waals surface area contributed by atoms with E-state index in [-0.39, 0.29) is 11.7 Å². The largest absolute Gasteiger partial charge is 0.351 e. The van der Waals surface area contributed by atoms with Gasteiger partial charge in [0.25, 0.3) is 0 Å². The van der Waals surface area contributed by atoms with E-state index in [2.05, 4.69) is 15.5 Å². The normalized spacial score (nSPS) is 25.0. The van der Waals surface area contributed by atoms with Crippen molar-refractivity contribution in [2.75, 3.05) is 32.7 Å². The van der Waals surface area contributed by atoms with Crippen molar-refractivity contribution in [3.8, 4) is 0 Å². The van der Waals surface area contributed by atoms with Gasteiger partial charge in [-0.1, -0.05) is 12.1 Å². The van der Waals surface area contributed by atoms with E-state index in [0.717, 1.165) is 31.7 Å². The van der Waals surface area contributed by atoms with Gasteiger partial charge in [0.1, 0.15) is 5.82 Å². The first kappa shape index (κ1) is 15.4. The second-order valence-electron chi connectivity index (χ2n) is 6.75. The van der Waals surface area contributed by atoms with Crippen LogP contribution >= 0.6 is 0 Å². The number of likely N-dealkylation sites (tertiary alicyclic amines) is 1. The summed E-state index contributed by atoms with van der Waals surface area (Å²) in [6.45, 7) is 6.74. The van der Waals surface area contributed by atoms with Crippen LogP contribution in [0, 0.1) is 18.2 Å². The van der Waals surface area contributed by atoms with Gasteiger partial charge in [-0.3, -0.25) is 9.69 Å². The van der Waals surface area contributed by atoms with Crippen molar-refractivity contribution >= 4 is 5.91 Å². The van der Waals surface area contributed by atoms with Crippen LogP contribution in [0.25, 0.3) is 0 Å². The van der Waals surface area contributed by atoms with Crippen LogP contribution < -0.4 is 10.6 Å². The van der Waals surface area contributed by atoms with Crippen LogP contribution in [0.2, 0.25) is 0 Å². The predicted molar refractivity (Wildman–Crippen MR) is 84.0 cm³/mol. The molecule has 1 spiro atoms. The molecule has 1 amide bonds. The van der Waals surface area contributed by atoms with Gasteiger partial charge in [0.05, 0.1) is 6.54 Å². The zero-order valence-electron chi connectivity index (χ0n) is 13.1. The van der Waals surface area contributed by atoms with Crippen molar-refractivity contribution in [2.45, 2.75) is 26.3 Å². The average Bonchev–Trinajstić information content (AvgIpc) is 3.11. The van der Waals surface area contributed by atoms with E-state index in [4.69, 9.17) is 0 Å². The maximum atomic E-state index is 13.5. The number of nitrogens with one attached hydrogen (secondary N) is 2. The molecule has 0 aromatic heterocycles. The number of hydrogen-bond acceptors (Lipinski definition) is 3. The van der Waals surface area contributed by atoms with E-state index >= 15 is 0 Å². The molecule has 22 heavy (non-hydrogen) atoms. The molecule has 1 atom stereocenters. The van der Waals surface area contributed by atoms with Gasteiger partial charge in [0.2, 0.25) is 5.91 Å². The fourth-order valence-electron chi connectivity index (χ4n) is 3.51. The number of aryl methyl sites for hydroxylation is 1. The summed E-state index contributed by atoms with van der Waals surface area (Å²) in [5, 5.41) is 6.31. The zero-order chi connectivity index (χ0) is 15.6. The Morgan fingerprint density at radius 2 is 2.32 bits per heavy atom. The van der Waals surface area contributed by atoms with E-state index in [0.29, 0.717) is 24.1 Å². The Labute approximate surface area is 131 Å². The molecule has 2 heterocycles. The summed E-state index contributed by atoms with van der Waals surface area (Å²) in [6, 6.07) is 5.09. The average molecular weight is 305 g/mol. The molecule has 1 aromatic rings. The zero-order valence-corrected chi connectivity index (χ0v) is 13.1. The molecule has 0 bridgehead atoms. The van der Waals surface area contributed by atoms with E-state index in [9.17, 15) is 9.18 Å². The van der Waals surface area contributed by atoms with Crippen molar-refractivity contribution < 1.29 is 9.18 Å². The molecule has 2 aliphatic rings. The van der Waals surface area contributed by atoms with Crippen LogP contribution in [0.15, 0.2) is 18.2 Å². The SMILES string of the molecule is Cc1ccc(CNC(=O)CN2CCC3(CCNC3)C2)cc1F. The molecule has 2 saturated heterocycles. The van der Waals surface area contributed by atoms with Gasteiger partial charge in [0, 0.05) is 19.6 Å². The third-order valence-corrected chi connectivity index (χ3v) is 4.94. The van der Waals surface area contributed by atoms with Crippen LogP contribution in [0.4, 0.5) is 4.39 Å². The second-order valence-corrected chi connectivity index (χ2v) is 6.75. The number of halogens is 1. The fourth-order valence-corrected chi connectivity index (χ4v) is 3.51. The molecule has 1 unspecified atom stereocenters. The van der Waals surface area contributed by atoms with Crippen molar-refractivity contribution in [2.24, 2.45) is 5.41 Å². The molecule has 2 fully saturated rings. The van der Waals surface area contributed by atoms with Gasteiger partial charge in [-0.05, 0) is 55.5 Å². The molecule has 2 N–H and O–H groups in total. The number of hydrogen-bond donors (Lipinski definition) is 2. The maximum Gasteiger partial charge on any atom is 0.234 e. The molecule has 3 rings (SSSR count). The standard InChI is InChI=1S/C17H24FN3O/c1-13-2-3-14(8-15(13)18)9-20-16(22)10-21-7-5-17(12-21)4-6-19-11-17/h2-3,8,19H,4-7,9-12H2,1H3,(H,20,22). The highest BCUT2D eigenvalue weighted by atomic mass is 19.1. The Hall–Kier alpha value is -1.46. The van der Waals surface area contributed by atoms with E-state index in [1.165, 1.54) is 18.9 Å². The first-order chi connectivity index (χ1) is 10.6. The molecule has 120 valence electrons. The van der Waals surface area contributed by atoms with Gasteiger partial charge in [-0.15, -0.1) is 0 Å². The Morgan fingerprint density at radius 3 is 3.05 bits per heavy atom. The highest BCUT2D eigenvalue weighted by Crippen LogP contribution is 2.35. The summed E-state index contributed by atoms with van der Waals surface area (Å²) >= 11 is 0. The van der Waals surface area contributed by atoms with E-state index in [1.54, 1.807) is 13.0 Å². The molecular formula is C17H24FN3O. The van der Waals surface area contributed by atoms with Crippen molar-refractivity contribution in [3.63, 3.8) is 0 Å². The number of rotatable bonds is 4. The summed E-state index contributed by atoms with van der Waals surface area (Å²) in [7, 11) is 0. The molecule has 0 radical (unpaired) electrons. The van der Waals surface area contributed by atoms with Crippen LogP contribution in [0.3, 0.4) is 0 Å². The number of amides is 1. The third-order valence-electron chi connectivity index (χ3n) is 4.94. The number of carbonyl (C=O) groups is 1. The molecule has 0 saturated carbocycles. The van der Waals surface area contributed by atoms with Gasteiger partial charge >= 0.3 is 0 Å². The Morgan fingerprint density at radius 1 is 1.45 bits per heavy atom. The summed E-state index contributed by atoms with van der Waals surface area (Å²) in [6.07, 6.45) is 2.39. The minimum atomic E-state index is -0.220. The lowest BCUT2D eigenvalue weighted by Crippen LogP contribution is -2.37.